The second-order valence-corrected chi connectivity index (χ2v) is 6.83. The first-order valence-electron chi connectivity index (χ1n) is 9.16. The summed E-state index contributed by atoms with van der Waals surface area (Å²) in [6, 6.07) is 13.3. The van der Waals surface area contributed by atoms with Crippen molar-refractivity contribution < 1.29 is 19.0 Å². The molecular formula is C21H23N3O4. The summed E-state index contributed by atoms with van der Waals surface area (Å²) in [5.41, 5.74) is 9.22. The van der Waals surface area contributed by atoms with Gasteiger partial charge in [0.2, 0.25) is 6.79 Å². The van der Waals surface area contributed by atoms with E-state index in [0.717, 1.165) is 24.4 Å². The monoisotopic (exact) mass is 381 g/mol. The Labute approximate surface area is 163 Å². The first kappa shape index (κ1) is 18.2. The fraction of sp³-hybridized carbons (Fsp3) is 0.286. The van der Waals surface area contributed by atoms with Gasteiger partial charge in [0.1, 0.15) is 5.75 Å². The summed E-state index contributed by atoms with van der Waals surface area (Å²) in [5.74, 6) is 1.95. The minimum absolute atomic E-state index is 0.184. The van der Waals surface area contributed by atoms with Crippen molar-refractivity contribution in [2.24, 2.45) is 5.73 Å². The predicted molar refractivity (Wildman–Crippen MR) is 105 cm³/mol. The van der Waals surface area contributed by atoms with E-state index in [9.17, 15) is 4.79 Å². The Hall–Kier alpha value is -3.19. The van der Waals surface area contributed by atoms with E-state index in [4.69, 9.17) is 19.9 Å². The number of ether oxygens (including phenoxy) is 3. The molecule has 2 heterocycles. The largest absolute Gasteiger partial charge is 0.497 e. The SMILES string of the molecule is COc1ccc(CN2CCC(N)=C(C(=O)Nc3ccc4c(c3)OCO4)C2)cc1. The second-order valence-electron chi connectivity index (χ2n) is 6.83. The van der Waals surface area contributed by atoms with Crippen molar-refractivity contribution in [3.63, 3.8) is 0 Å². The van der Waals surface area contributed by atoms with Crippen LogP contribution in [-0.4, -0.2) is 37.8 Å². The van der Waals surface area contributed by atoms with E-state index in [1.54, 1.807) is 25.3 Å². The number of hydrogen-bond acceptors (Lipinski definition) is 6. The molecule has 0 fully saturated rings. The van der Waals surface area contributed by atoms with Crippen molar-refractivity contribution in [3.8, 4) is 17.2 Å². The molecule has 0 spiro atoms. The summed E-state index contributed by atoms with van der Waals surface area (Å²) >= 11 is 0. The van der Waals surface area contributed by atoms with Gasteiger partial charge >= 0.3 is 0 Å². The lowest BCUT2D eigenvalue weighted by molar-refractivity contribution is -0.113. The van der Waals surface area contributed by atoms with E-state index in [2.05, 4.69) is 10.2 Å². The van der Waals surface area contributed by atoms with Crippen molar-refractivity contribution in [2.45, 2.75) is 13.0 Å². The van der Waals surface area contributed by atoms with Crippen LogP contribution in [0.2, 0.25) is 0 Å². The zero-order valence-corrected chi connectivity index (χ0v) is 15.7. The van der Waals surface area contributed by atoms with Gasteiger partial charge in [-0.1, -0.05) is 12.1 Å². The number of methoxy groups -OCH3 is 1. The number of benzene rings is 2. The Morgan fingerprint density at radius 2 is 1.96 bits per heavy atom. The van der Waals surface area contributed by atoms with E-state index < -0.39 is 0 Å². The summed E-state index contributed by atoms with van der Waals surface area (Å²) in [6.07, 6.45) is 0.667. The Balaban J connectivity index is 1.41. The molecule has 4 rings (SSSR count). The Morgan fingerprint density at radius 3 is 2.75 bits per heavy atom. The van der Waals surface area contributed by atoms with Crippen LogP contribution < -0.4 is 25.3 Å². The minimum atomic E-state index is -0.184. The molecule has 1 amide bonds. The van der Waals surface area contributed by atoms with Crippen LogP contribution in [0.25, 0.3) is 0 Å². The molecule has 7 heteroatoms. The van der Waals surface area contributed by atoms with Crippen molar-refractivity contribution in [1.82, 2.24) is 4.90 Å². The van der Waals surface area contributed by atoms with Crippen LogP contribution >= 0.6 is 0 Å². The number of hydrogen-bond donors (Lipinski definition) is 2. The van der Waals surface area contributed by atoms with E-state index >= 15 is 0 Å². The lowest BCUT2D eigenvalue weighted by atomic mass is 10.0. The lowest BCUT2D eigenvalue weighted by Crippen LogP contribution is -2.37. The maximum atomic E-state index is 12.8. The van der Waals surface area contributed by atoms with E-state index in [0.29, 0.717) is 41.4 Å². The third-order valence-electron chi connectivity index (χ3n) is 4.94. The molecule has 28 heavy (non-hydrogen) atoms. The second kappa shape index (κ2) is 7.82. The quantitative estimate of drug-likeness (QED) is 0.828. The van der Waals surface area contributed by atoms with E-state index in [1.807, 2.05) is 24.3 Å². The highest BCUT2D eigenvalue weighted by Gasteiger charge is 2.23. The summed E-state index contributed by atoms with van der Waals surface area (Å²) in [7, 11) is 1.65. The predicted octanol–water partition coefficient (Wildman–Crippen LogP) is 2.48. The normalized spacial score (nSPS) is 16.2. The van der Waals surface area contributed by atoms with Gasteiger partial charge < -0.3 is 25.3 Å². The maximum absolute atomic E-state index is 12.8. The molecule has 0 atom stereocenters. The molecule has 0 aliphatic carbocycles. The molecular weight excluding hydrogens is 358 g/mol. The Kier molecular flexibility index (Phi) is 5.08. The van der Waals surface area contributed by atoms with Gasteiger partial charge in [-0.05, 0) is 29.8 Å². The fourth-order valence-electron chi connectivity index (χ4n) is 3.36. The van der Waals surface area contributed by atoms with Crippen molar-refractivity contribution >= 4 is 11.6 Å². The highest BCUT2D eigenvalue weighted by Crippen LogP contribution is 2.34. The number of amides is 1. The van der Waals surface area contributed by atoms with Gasteiger partial charge in [-0.2, -0.15) is 0 Å². The summed E-state index contributed by atoms with van der Waals surface area (Å²) in [5, 5.41) is 2.92. The van der Waals surface area contributed by atoms with Crippen molar-refractivity contribution in [2.75, 3.05) is 32.3 Å². The molecule has 3 N–H and O–H groups in total. The van der Waals surface area contributed by atoms with E-state index in [-0.39, 0.29) is 12.7 Å². The number of fused-ring (bicyclic) bond motifs is 1. The van der Waals surface area contributed by atoms with Crippen LogP contribution in [0.3, 0.4) is 0 Å². The molecule has 0 aromatic heterocycles. The summed E-state index contributed by atoms with van der Waals surface area (Å²) < 4.78 is 15.9. The Morgan fingerprint density at radius 1 is 1.18 bits per heavy atom. The number of nitrogens with zero attached hydrogens (tertiary/aromatic N) is 1. The fourth-order valence-corrected chi connectivity index (χ4v) is 3.36. The number of nitrogens with two attached hydrogens (primary N) is 1. The molecule has 2 aliphatic heterocycles. The van der Waals surface area contributed by atoms with Crippen molar-refractivity contribution in [3.05, 3.63) is 59.3 Å². The lowest BCUT2D eigenvalue weighted by Gasteiger charge is -2.29. The molecule has 7 nitrogen and oxygen atoms in total. The molecule has 0 bridgehead atoms. The number of carbonyl (C=O) groups is 1. The van der Waals surface area contributed by atoms with Gasteiger partial charge in [0.05, 0.1) is 12.7 Å². The van der Waals surface area contributed by atoms with E-state index in [1.165, 1.54) is 0 Å². The average Bonchev–Trinajstić information content (AvgIpc) is 3.18. The molecule has 0 saturated heterocycles. The maximum Gasteiger partial charge on any atom is 0.254 e. The highest BCUT2D eigenvalue weighted by atomic mass is 16.7. The van der Waals surface area contributed by atoms with Crippen LogP contribution in [0, 0.1) is 0 Å². The smallest absolute Gasteiger partial charge is 0.254 e. The first-order chi connectivity index (χ1) is 13.6. The van der Waals surface area contributed by atoms with Crippen LogP contribution in [0.4, 0.5) is 5.69 Å². The van der Waals surface area contributed by atoms with Crippen molar-refractivity contribution in [1.29, 1.82) is 0 Å². The molecule has 2 aliphatic rings. The number of carbonyl (C=O) groups excluding carboxylic acids is 1. The van der Waals surface area contributed by atoms with Gasteiger partial charge in [-0.25, -0.2) is 0 Å². The van der Waals surface area contributed by atoms with Gasteiger partial charge in [-0.15, -0.1) is 0 Å². The number of nitrogens with one attached hydrogen (secondary N) is 1. The van der Waals surface area contributed by atoms with Crippen LogP contribution in [0.15, 0.2) is 53.7 Å². The topological polar surface area (TPSA) is 86.1 Å². The zero-order chi connectivity index (χ0) is 19.5. The Bertz CT molecular complexity index is 908. The molecule has 2 aromatic rings. The highest BCUT2D eigenvalue weighted by molar-refractivity contribution is 6.04. The molecule has 0 radical (unpaired) electrons. The van der Waals surface area contributed by atoms with Crippen LogP contribution in [-0.2, 0) is 11.3 Å². The van der Waals surface area contributed by atoms with Gasteiger partial charge in [-0.3, -0.25) is 9.69 Å². The van der Waals surface area contributed by atoms with Crippen LogP contribution in [0.5, 0.6) is 17.2 Å². The molecule has 2 aromatic carbocycles. The van der Waals surface area contributed by atoms with Gasteiger partial charge in [0, 0.05) is 43.5 Å². The molecule has 146 valence electrons. The minimum Gasteiger partial charge on any atom is -0.497 e. The molecule has 0 saturated carbocycles. The third-order valence-corrected chi connectivity index (χ3v) is 4.94. The first-order valence-corrected chi connectivity index (χ1v) is 9.16. The average molecular weight is 381 g/mol. The van der Waals surface area contributed by atoms with Gasteiger partial charge in [0.15, 0.2) is 11.5 Å². The van der Waals surface area contributed by atoms with Crippen LogP contribution in [0.1, 0.15) is 12.0 Å². The van der Waals surface area contributed by atoms with Gasteiger partial charge in [0.25, 0.3) is 5.91 Å². The zero-order valence-electron chi connectivity index (χ0n) is 15.7. The molecule has 0 unspecified atom stereocenters. The third kappa shape index (κ3) is 3.89. The summed E-state index contributed by atoms with van der Waals surface area (Å²) in [4.78, 5) is 15.0. The standard InChI is InChI=1S/C21H23N3O4/c1-26-16-5-2-14(3-6-16)11-24-9-8-18(22)17(12-24)21(25)23-15-4-7-19-20(10-15)28-13-27-19/h2-7,10H,8-9,11-13,22H2,1H3,(H,23,25). The summed E-state index contributed by atoms with van der Waals surface area (Å²) in [6.45, 7) is 2.27. The number of rotatable bonds is 5. The number of anilines is 1.